The molecule has 0 aliphatic rings. The van der Waals surface area contributed by atoms with Gasteiger partial charge in [0.1, 0.15) is 0 Å². The molecule has 0 radical (unpaired) electrons. The lowest BCUT2D eigenvalue weighted by Gasteiger charge is -2.00. The van der Waals surface area contributed by atoms with Crippen molar-refractivity contribution in [3.8, 4) is 0 Å². The SMILES string of the molecule is CCOC(=O)CC[P+](=O)C(C)OCC. The van der Waals surface area contributed by atoms with Gasteiger partial charge in [-0.3, -0.25) is 4.79 Å². The Kier molecular flexibility index (Phi) is 7.63. The lowest BCUT2D eigenvalue weighted by molar-refractivity contribution is -0.142. The lowest BCUT2D eigenvalue weighted by Crippen LogP contribution is -2.08. The van der Waals surface area contributed by atoms with E-state index in [-0.39, 0.29) is 18.2 Å². The zero-order valence-corrected chi connectivity index (χ0v) is 9.88. The number of hydrogen-bond donors (Lipinski definition) is 0. The summed E-state index contributed by atoms with van der Waals surface area (Å²) < 4.78 is 21.3. The Balaban J connectivity index is 3.67. The van der Waals surface area contributed by atoms with Gasteiger partial charge >= 0.3 is 13.8 Å². The maximum absolute atomic E-state index is 11.5. The van der Waals surface area contributed by atoms with Crippen LogP contribution in [0.5, 0.6) is 0 Å². The van der Waals surface area contributed by atoms with Crippen molar-refractivity contribution in [3.63, 3.8) is 0 Å². The van der Waals surface area contributed by atoms with E-state index in [9.17, 15) is 9.36 Å². The molecule has 0 spiro atoms. The van der Waals surface area contributed by atoms with E-state index in [1.165, 1.54) is 0 Å². The summed E-state index contributed by atoms with van der Waals surface area (Å²) in [5, 5.41) is 0. The summed E-state index contributed by atoms with van der Waals surface area (Å²) in [5.41, 5.74) is 0. The van der Waals surface area contributed by atoms with E-state index in [2.05, 4.69) is 0 Å². The molecule has 0 N–H and O–H groups in total. The predicted octanol–water partition coefficient (Wildman–Crippen LogP) is 2.15. The maximum atomic E-state index is 11.5. The van der Waals surface area contributed by atoms with Crippen LogP contribution in [-0.2, 0) is 18.8 Å². The summed E-state index contributed by atoms with van der Waals surface area (Å²) in [7, 11) is -1.46. The first-order chi connectivity index (χ1) is 6.61. The van der Waals surface area contributed by atoms with Crippen LogP contribution in [0.25, 0.3) is 0 Å². The monoisotopic (exact) mass is 221 g/mol. The molecule has 5 heteroatoms. The smallest absolute Gasteiger partial charge is 0.370 e. The zero-order valence-electron chi connectivity index (χ0n) is 8.99. The average molecular weight is 221 g/mol. The van der Waals surface area contributed by atoms with Gasteiger partial charge in [-0.1, -0.05) is 4.57 Å². The van der Waals surface area contributed by atoms with Gasteiger partial charge in [0.25, 0.3) is 5.85 Å². The van der Waals surface area contributed by atoms with Gasteiger partial charge in [0, 0.05) is 13.5 Å². The summed E-state index contributed by atoms with van der Waals surface area (Å²) in [6, 6.07) is 0. The van der Waals surface area contributed by atoms with E-state index in [0.29, 0.717) is 19.4 Å². The van der Waals surface area contributed by atoms with Crippen LogP contribution in [0.3, 0.4) is 0 Å². The van der Waals surface area contributed by atoms with Gasteiger partial charge in [0.05, 0.1) is 13.0 Å². The molecule has 2 unspecified atom stereocenters. The Labute approximate surface area is 85.8 Å². The molecule has 0 aromatic rings. The minimum Gasteiger partial charge on any atom is -0.466 e. The largest absolute Gasteiger partial charge is 0.466 e. The molecule has 0 bridgehead atoms. The third-order valence-corrected chi connectivity index (χ3v) is 3.28. The topological polar surface area (TPSA) is 52.6 Å². The van der Waals surface area contributed by atoms with E-state index in [1.807, 2.05) is 6.92 Å². The van der Waals surface area contributed by atoms with Crippen molar-refractivity contribution < 1.29 is 18.8 Å². The Bertz CT molecular complexity index is 193. The van der Waals surface area contributed by atoms with Gasteiger partial charge in [-0.05, 0) is 13.8 Å². The number of ether oxygens (including phenoxy) is 2. The highest BCUT2D eigenvalue weighted by molar-refractivity contribution is 7.45. The minimum absolute atomic E-state index is 0.209. The van der Waals surface area contributed by atoms with Crippen molar-refractivity contribution in [2.45, 2.75) is 33.0 Å². The van der Waals surface area contributed by atoms with Crippen molar-refractivity contribution in [2.75, 3.05) is 19.4 Å². The molecule has 0 aromatic carbocycles. The summed E-state index contributed by atoms with van der Waals surface area (Å²) in [5.74, 6) is -0.566. The van der Waals surface area contributed by atoms with E-state index < -0.39 is 7.80 Å². The Morgan fingerprint density at radius 1 is 1.36 bits per heavy atom. The van der Waals surface area contributed by atoms with Gasteiger partial charge in [-0.15, -0.1) is 0 Å². The highest BCUT2D eigenvalue weighted by Gasteiger charge is 2.26. The second kappa shape index (κ2) is 7.89. The fourth-order valence-electron chi connectivity index (χ4n) is 0.941. The minimum atomic E-state index is -1.46. The first-order valence-electron chi connectivity index (χ1n) is 4.82. The average Bonchev–Trinajstić information content (AvgIpc) is 2.15. The van der Waals surface area contributed by atoms with Crippen LogP contribution in [0.15, 0.2) is 0 Å². The molecular weight excluding hydrogens is 203 g/mol. The molecule has 0 aliphatic carbocycles. The van der Waals surface area contributed by atoms with Crippen molar-refractivity contribution in [1.82, 2.24) is 0 Å². The van der Waals surface area contributed by atoms with Gasteiger partial charge < -0.3 is 9.47 Å². The van der Waals surface area contributed by atoms with Crippen LogP contribution < -0.4 is 0 Å². The molecule has 0 aliphatic heterocycles. The van der Waals surface area contributed by atoms with Crippen LogP contribution in [0.2, 0.25) is 0 Å². The van der Waals surface area contributed by atoms with E-state index in [1.54, 1.807) is 13.8 Å². The molecule has 14 heavy (non-hydrogen) atoms. The van der Waals surface area contributed by atoms with Crippen LogP contribution in [-0.4, -0.2) is 31.2 Å². The van der Waals surface area contributed by atoms with Gasteiger partial charge in [0.2, 0.25) is 0 Å². The number of esters is 1. The number of hydrogen-bond acceptors (Lipinski definition) is 4. The molecule has 0 amide bonds. The molecule has 0 saturated carbocycles. The number of carbonyl (C=O) groups excluding carboxylic acids is 1. The van der Waals surface area contributed by atoms with Gasteiger partial charge in [0.15, 0.2) is 6.16 Å². The molecule has 0 saturated heterocycles. The van der Waals surface area contributed by atoms with Crippen molar-refractivity contribution in [2.24, 2.45) is 0 Å². The summed E-state index contributed by atoms with van der Waals surface area (Å²) >= 11 is 0. The molecule has 2 atom stereocenters. The third-order valence-electron chi connectivity index (χ3n) is 1.66. The van der Waals surface area contributed by atoms with Crippen LogP contribution in [0.1, 0.15) is 27.2 Å². The van der Waals surface area contributed by atoms with Gasteiger partial charge in [-0.25, -0.2) is 0 Å². The highest BCUT2D eigenvalue weighted by atomic mass is 31.1. The summed E-state index contributed by atoms with van der Waals surface area (Å²) in [4.78, 5) is 10.9. The fourth-order valence-corrected chi connectivity index (χ4v) is 2.02. The van der Waals surface area contributed by atoms with Crippen LogP contribution in [0, 0.1) is 0 Å². The Morgan fingerprint density at radius 3 is 2.50 bits per heavy atom. The fraction of sp³-hybridized carbons (Fsp3) is 0.889. The zero-order chi connectivity index (χ0) is 11.0. The van der Waals surface area contributed by atoms with Crippen molar-refractivity contribution in [1.29, 1.82) is 0 Å². The number of carbonyl (C=O) groups is 1. The lowest BCUT2D eigenvalue weighted by atomic mass is 10.5. The van der Waals surface area contributed by atoms with Gasteiger partial charge in [-0.2, -0.15) is 0 Å². The first kappa shape index (κ1) is 13.5. The second-order valence-corrected chi connectivity index (χ2v) is 4.76. The maximum Gasteiger partial charge on any atom is 0.370 e. The molecule has 0 fully saturated rings. The molecule has 82 valence electrons. The summed E-state index contributed by atoms with van der Waals surface area (Å²) in [6.07, 6.45) is 0.551. The molecule has 0 aromatic heterocycles. The summed E-state index contributed by atoms with van der Waals surface area (Å²) in [6.45, 7) is 6.28. The Hall–Kier alpha value is -0.470. The standard InChI is InChI=1S/C9H18O4P/c1-4-12-8(3)14(11)7-6-9(10)13-5-2/h8H,4-7H2,1-3H3/q+1. The third kappa shape index (κ3) is 6.06. The van der Waals surface area contributed by atoms with E-state index in [4.69, 9.17) is 9.47 Å². The van der Waals surface area contributed by atoms with E-state index in [0.717, 1.165) is 0 Å². The number of rotatable bonds is 7. The van der Waals surface area contributed by atoms with E-state index >= 15 is 0 Å². The van der Waals surface area contributed by atoms with Crippen LogP contribution in [0.4, 0.5) is 0 Å². The molecule has 0 rings (SSSR count). The van der Waals surface area contributed by atoms with Crippen LogP contribution >= 0.6 is 7.80 Å². The van der Waals surface area contributed by atoms with Crippen molar-refractivity contribution in [3.05, 3.63) is 0 Å². The quantitative estimate of drug-likeness (QED) is 0.488. The Morgan fingerprint density at radius 2 is 2.00 bits per heavy atom. The predicted molar refractivity (Wildman–Crippen MR) is 54.8 cm³/mol. The molecular formula is C9H18O4P+. The molecule has 4 nitrogen and oxygen atoms in total. The normalized spacial score (nSPS) is 13.5. The highest BCUT2D eigenvalue weighted by Crippen LogP contribution is 2.29. The second-order valence-electron chi connectivity index (χ2n) is 2.75. The molecule has 0 heterocycles. The first-order valence-corrected chi connectivity index (χ1v) is 6.34. The van der Waals surface area contributed by atoms with Crippen molar-refractivity contribution >= 4 is 13.8 Å².